The van der Waals surface area contributed by atoms with Crippen LogP contribution in [-0.4, -0.2) is 31.1 Å². The maximum Gasteiger partial charge on any atom is 0.331 e. The molecular formula is C20H23NO4. The normalized spacial score (nSPS) is 16.2. The molecule has 5 heteroatoms. The van der Waals surface area contributed by atoms with Gasteiger partial charge in [0.1, 0.15) is 11.3 Å². The molecule has 1 N–H and O–H groups in total. The van der Waals surface area contributed by atoms with Crippen molar-refractivity contribution in [2.24, 2.45) is 0 Å². The van der Waals surface area contributed by atoms with Gasteiger partial charge in [-0.15, -0.1) is 0 Å². The minimum absolute atomic E-state index is 0.132. The zero-order chi connectivity index (χ0) is 17.7. The highest BCUT2D eigenvalue weighted by Gasteiger charge is 2.41. The van der Waals surface area contributed by atoms with E-state index in [4.69, 9.17) is 9.47 Å². The number of nitrogens with one attached hydrogen (secondary N) is 1. The number of ether oxygens (including phenoxy) is 2. The SMILES string of the molecule is COC(=O)C1(NC(=O)COc2cccc3ccccc23)CCCCC1. The Hall–Kier alpha value is -2.56. The summed E-state index contributed by atoms with van der Waals surface area (Å²) < 4.78 is 10.6. The first kappa shape index (κ1) is 17.3. The monoisotopic (exact) mass is 341 g/mol. The van der Waals surface area contributed by atoms with Crippen LogP contribution >= 0.6 is 0 Å². The van der Waals surface area contributed by atoms with Crippen LogP contribution in [0.3, 0.4) is 0 Å². The van der Waals surface area contributed by atoms with Crippen LogP contribution in [0.5, 0.6) is 5.75 Å². The van der Waals surface area contributed by atoms with Crippen LogP contribution in [0.1, 0.15) is 32.1 Å². The number of carbonyl (C=O) groups is 2. The molecule has 2 aromatic rings. The van der Waals surface area contributed by atoms with Crippen LogP contribution in [0.4, 0.5) is 0 Å². The van der Waals surface area contributed by atoms with Crippen molar-refractivity contribution in [3.05, 3.63) is 42.5 Å². The number of esters is 1. The summed E-state index contributed by atoms with van der Waals surface area (Å²) in [6, 6.07) is 13.6. The molecule has 1 amide bonds. The highest BCUT2D eigenvalue weighted by atomic mass is 16.5. The van der Waals surface area contributed by atoms with Gasteiger partial charge in [-0.25, -0.2) is 4.79 Å². The number of carbonyl (C=O) groups excluding carboxylic acids is 2. The molecule has 3 rings (SSSR count). The van der Waals surface area contributed by atoms with Crippen molar-refractivity contribution in [3.63, 3.8) is 0 Å². The van der Waals surface area contributed by atoms with E-state index >= 15 is 0 Å². The first-order valence-electron chi connectivity index (χ1n) is 8.65. The standard InChI is InChI=1S/C20H23NO4/c1-24-19(23)20(12-5-2-6-13-20)21-18(22)14-25-17-11-7-9-15-8-3-4-10-16(15)17/h3-4,7-11H,2,5-6,12-14H2,1H3,(H,21,22). The molecule has 132 valence electrons. The highest BCUT2D eigenvalue weighted by Crippen LogP contribution is 2.29. The molecule has 1 fully saturated rings. The zero-order valence-electron chi connectivity index (χ0n) is 14.4. The average Bonchev–Trinajstić information content (AvgIpc) is 2.66. The van der Waals surface area contributed by atoms with E-state index in [1.165, 1.54) is 7.11 Å². The van der Waals surface area contributed by atoms with Gasteiger partial charge in [0.15, 0.2) is 6.61 Å². The maximum absolute atomic E-state index is 12.4. The number of amides is 1. The molecule has 1 aliphatic carbocycles. The number of hydrogen-bond donors (Lipinski definition) is 1. The Morgan fingerprint density at radius 3 is 2.52 bits per heavy atom. The van der Waals surface area contributed by atoms with E-state index < -0.39 is 5.54 Å². The number of benzene rings is 2. The van der Waals surface area contributed by atoms with E-state index in [-0.39, 0.29) is 18.5 Å². The van der Waals surface area contributed by atoms with Crippen LogP contribution in [0.15, 0.2) is 42.5 Å². The van der Waals surface area contributed by atoms with Gasteiger partial charge in [-0.1, -0.05) is 55.7 Å². The van der Waals surface area contributed by atoms with E-state index in [1.807, 2.05) is 42.5 Å². The molecule has 0 radical (unpaired) electrons. The second kappa shape index (κ2) is 7.55. The molecule has 0 spiro atoms. The predicted molar refractivity (Wildman–Crippen MR) is 95.4 cm³/mol. The Kier molecular flexibility index (Phi) is 5.22. The van der Waals surface area contributed by atoms with Crippen molar-refractivity contribution in [2.45, 2.75) is 37.6 Å². The summed E-state index contributed by atoms with van der Waals surface area (Å²) in [7, 11) is 1.36. The summed E-state index contributed by atoms with van der Waals surface area (Å²) >= 11 is 0. The molecule has 0 aliphatic heterocycles. The molecule has 0 aromatic heterocycles. The molecule has 1 aliphatic rings. The first-order valence-corrected chi connectivity index (χ1v) is 8.65. The zero-order valence-corrected chi connectivity index (χ0v) is 14.4. The summed E-state index contributed by atoms with van der Waals surface area (Å²) in [6.45, 7) is -0.132. The Bertz CT molecular complexity index is 760. The largest absolute Gasteiger partial charge is 0.483 e. The molecule has 2 aromatic carbocycles. The minimum Gasteiger partial charge on any atom is -0.483 e. The van der Waals surface area contributed by atoms with Gasteiger partial charge < -0.3 is 14.8 Å². The van der Waals surface area contributed by atoms with Crippen molar-refractivity contribution < 1.29 is 19.1 Å². The average molecular weight is 341 g/mol. The molecule has 1 saturated carbocycles. The lowest BCUT2D eigenvalue weighted by atomic mass is 9.81. The quantitative estimate of drug-likeness (QED) is 0.848. The van der Waals surface area contributed by atoms with Crippen LogP contribution in [-0.2, 0) is 14.3 Å². The lowest BCUT2D eigenvalue weighted by Crippen LogP contribution is -2.57. The van der Waals surface area contributed by atoms with E-state index in [0.717, 1.165) is 30.0 Å². The van der Waals surface area contributed by atoms with Crippen molar-refractivity contribution >= 4 is 22.6 Å². The van der Waals surface area contributed by atoms with Crippen molar-refractivity contribution in [1.82, 2.24) is 5.32 Å². The van der Waals surface area contributed by atoms with Gasteiger partial charge in [0, 0.05) is 5.39 Å². The lowest BCUT2D eigenvalue weighted by molar-refractivity contribution is -0.152. The van der Waals surface area contributed by atoms with Crippen LogP contribution in [0.25, 0.3) is 10.8 Å². The third-order valence-electron chi connectivity index (χ3n) is 4.77. The van der Waals surface area contributed by atoms with Crippen LogP contribution in [0, 0.1) is 0 Å². The second-order valence-electron chi connectivity index (χ2n) is 6.45. The highest BCUT2D eigenvalue weighted by molar-refractivity contribution is 5.90. The lowest BCUT2D eigenvalue weighted by Gasteiger charge is -2.35. The van der Waals surface area contributed by atoms with Gasteiger partial charge in [0.2, 0.25) is 0 Å². The molecule has 5 nitrogen and oxygen atoms in total. The van der Waals surface area contributed by atoms with Crippen molar-refractivity contribution in [3.8, 4) is 5.75 Å². The fraction of sp³-hybridized carbons (Fsp3) is 0.400. The molecule has 0 heterocycles. The third-order valence-corrected chi connectivity index (χ3v) is 4.77. The predicted octanol–water partition coefficient (Wildman–Crippen LogP) is 3.21. The molecule has 0 saturated heterocycles. The van der Waals surface area contributed by atoms with Gasteiger partial charge in [-0.05, 0) is 24.3 Å². The number of methoxy groups -OCH3 is 1. The first-order chi connectivity index (χ1) is 12.1. The Labute approximate surface area is 147 Å². The molecule has 25 heavy (non-hydrogen) atoms. The Morgan fingerprint density at radius 2 is 1.76 bits per heavy atom. The van der Waals surface area contributed by atoms with Crippen molar-refractivity contribution in [1.29, 1.82) is 0 Å². The summed E-state index contributed by atoms with van der Waals surface area (Å²) in [6.07, 6.45) is 4.10. The number of fused-ring (bicyclic) bond motifs is 1. The van der Waals surface area contributed by atoms with Crippen LogP contribution < -0.4 is 10.1 Å². The van der Waals surface area contributed by atoms with E-state index in [1.54, 1.807) is 0 Å². The smallest absolute Gasteiger partial charge is 0.331 e. The maximum atomic E-state index is 12.4. The molecular weight excluding hydrogens is 318 g/mol. The van der Waals surface area contributed by atoms with Gasteiger partial charge in [-0.3, -0.25) is 4.79 Å². The molecule has 0 unspecified atom stereocenters. The Balaban J connectivity index is 1.68. The second-order valence-corrected chi connectivity index (χ2v) is 6.45. The van der Waals surface area contributed by atoms with Gasteiger partial charge in [0.25, 0.3) is 5.91 Å². The molecule has 0 atom stereocenters. The summed E-state index contributed by atoms with van der Waals surface area (Å²) in [5.74, 6) is -0.0186. The van der Waals surface area contributed by atoms with Gasteiger partial charge in [-0.2, -0.15) is 0 Å². The van der Waals surface area contributed by atoms with E-state index in [2.05, 4.69) is 5.32 Å². The fourth-order valence-electron chi connectivity index (χ4n) is 3.50. The topological polar surface area (TPSA) is 64.6 Å². The number of hydrogen-bond acceptors (Lipinski definition) is 4. The van der Waals surface area contributed by atoms with Gasteiger partial charge in [0.05, 0.1) is 7.11 Å². The van der Waals surface area contributed by atoms with Gasteiger partial charge >= 0.3 is 5.97 Å². The van der Waals surface area contributed by atoms with E-state index in [0.29, 0.717) is 18.6 Å². The minimum atomic E-state index is -0.911. The summed E-state index contributed by atoms with van der Waals surface area (Å²) in [4.78, 5) is 24.6. The molecule has 0 bridgehead atoms. The van der Waals surface area contributed by atoms with Crippen LogP contribution in [0.2, 0.25) is 0 Å². The third kappa shape index (κ3) is 3.76. The summed E-state index contributed by atoms with van der Waals surface area (Å²) in [5.41, 5.74) is -0.911. The number of rotatable bonds is 5. The van der Waals surface area contributed by atoms with E-state index in [9.17, 15) is 9.59 Å². The van der Waals surface area contributed by atoms with Crippen molar-refractivity contribution in [2.75, 3.05) is 13.7 Å². The summed E-state index contributed by atoms with van der Waals surface area (Å²) in [5, 5.41) is 4.87. The fourth-order valence-corrected chi connectivity index (χ4v) is 3.50. The Morgan fingerprint density at radius 1 is 1.04 bits per heavy atom.